The molecular weight excluding hydrogens is 268 g/mol. The van der Waals surface area contributed by atoms with Crippen molar-refractivity contribution in [2.45, 2.75) is 26.1 Å². The molecule has 0 fully saturated rings. The van der Waals surface area contributed by atoms with Crippen LogP contribution in [0.4, 0.5) is 0 Å². The standard InChI is InChI=1S/C14H17ClO4/c1-4-18-13-10(12(16)9(3)15)7-6-8-11(13)14(17)19-5-2/h6-9H,4-5H2,1-3H3. The molecule has 104 valence electrons. The Bertz CT molecular complexity index is 469. The summed E-state index contributed by atoms with van der Waals surface area (Å²) in [7, 11) is 0. The van der Waals surface area contributed by atoms with Crippen molar-refractivity contribution in [1.82, 2.24) is 0 Å². The first-order chi connectivity index (χ1) is 9.02. The van der Waals surface area contributed by atoms with E-state index in [0.29, 0.717) is 12.2 Å². The van der Waals surface area contributed by atoms with Gasteiger partial charge in [0.15, 0.2) is 5.78 Å². The number of esters is 1. The summed E-state index contributed by atoms with van der Waals surface area (Å²) in [6, 6.07) is 4.77. The van der Waals surface area contributed by atoms with Gasteiger partial charge in [-0.05, 0) is 32.9 Å². The Kier molecular flexibility index (Phi) is 5.83. The molecular formula is C14H17ClO4. The number of benzene rings is 1. The van der Waals surface area contributed by atoms with Crippen LogP contribution in [-0.2, 0) is 4.74 Å². The largest absolute Gasteiger partial charge is 0.492 e. The zero-order valence-corrected chi connectivity index (χ0v) is 12.0. The first-order valence-electron chi connectivity index (χ1n) is 6.14. The number of hydrogen-bond donors (Lipinski definition) is 0. The molecule has 0 N–H and O–H groups in total. The van der Waals surface area contributed by atoms with E-state index in [4.69, 9.17) is 21.1 Å². The number of ether oxygens (including phenoxy) is 2. The van der Waals surface area contributed by atoms with E-state index in [1.54, 1.807) is 39.0 Å². The minimum atomic E-state index is -0.684. The Hall–Kier alpha value is -1.55. The predicted octanol–water partition coefficient (Wildman–Crippen LogP) is 3.07. The average molecular weight is 285 g/mol. The number of Topliss-reactive ketones (excluding diaryl/α,β-unsaturated/α-hetero) is 1. The summed E-state index contributed by atoms with van der Waals surface area (Å²) in [6.07, 6.45) is 0. The highest BCUT2D eigenvalue weighted by Gasteiger charge is 2.23. The van der Waals surface area contributed by atoms with E-state index in [1.807, 2.05) is 0 Å². The number of alkyl halides is 1. The minimum absolute atomic E-state index is 0.237. The van der Waals surface area contributed by atoms with E-state index < -0.39 is 11.3 Å². The number of halogens is 1. The maximum Gasteiger partial charge on any atom is 0.341 e. The molecule has 0 saturated carbocycles. The van der Waals surface area contributed by atoms with E-state index in [2.05, 4.69) is 0 Å². The second-order valence-electron chi connectivity index (χ2n) is 3.82. The van der Waals surface area contributed by atoms with Gasteiger partial charge in [0.05, 0.1) is 24.2 Å². The van der Waals surface area contributed by atoms with E-state index >= 15 is 0 Å². The lowest BCUT2D eigenvalue weighted by atomic mass is 10.0. The molecule has 4 nitrogen and oxygen atoms in total. The Morgan fingerprint density at radius 1 is 1.21 bits per heavy atom. The lowest BCUT2D eigenvalue weighted by Crippen LogP contribution is -2.16. The third kappa shape index (κ3) is 3.70. The van der Waals surface area contributed by atoms with Gasteiger partial charge in [0.25, 0.3) is 0 Å². The van der Waals surface area contributed by atoms with Gasteiger partial charge in [-0.25, -0.2) is 4.79 Å². The molecule has 0 aliphatic heterocycles. The van der Waals surface area contributed by atoms with Gasteiger partial charge >= 0.3 is 5.97 Å². The van der Waals surface area contributed by atoms with Crippen LogP contribution in [0.5, 0.6) is 5.75 Å². The smallest absolute Gasteiger partial charge is 0.341 e. The van der Waals surface area contributed by atoms with Gasteiger partial charge in [-0.1, -0.05) is 6.07 Å². The summed E-state index contributed by atoms with van der Waals surface area (Å²) in [5.74, 6) is -0.556. The Morgan fingerprint density at radius 2 is 1.84 bits per heavy atom. The molecule has 1 unspecified atom stereocenters. The van der Waals surface area contributed by atoms with Crippen molar-refractivity contribution in [1.29, 1.82) is 0 Å². The SMILES string of the molecule is CCOC(=O)c1cccc(C(=O)C(C)Cl)c1OCC. The van der Waals surface area contributed by atoms with E-state index in [0.717, 1.165) is 0 Å². The lowest BCUT2D eigenvalue weighted by molar-refractivity contribution is 0.0522. The molecule has 0 spiro atoms. The maximum absolute atomic E-state index is 12.0. The van der Waals surface area contributed by atoms with Crippen LogP contribution in [0, 0.1) is 0 Å². The van der Waals surface area contributed by atoms with Crippen molar-refractivity contribution < 1.29 is 19.1 Å². The van der Waals surface area contributed by atoms with Gasteiger partial charge in [-0.15, -0.1) is 11.6 Å². The van der Waals surface area contributed by atoms with Crippen molar-refractivity contribution >= 4 is 23.4 Å². The number of hydrogen-bond acceptors (Lipinski definition) is 4. The fourth-order valence-electron chi connectivity index (χ4n) is 1.61. The van der Waals surface area contributed by atoms with Crippen LogP contribution in [0.15, 0.2) is 18.2 Å². The molecule has 1 aromatic carbocycles. The highest BCUT2D eigenvalue weighted by molar-refractivity contribution is 6.34. The van der Waals surface area contributed by atoms with Gasteiger partial charge in [0.1, 0.15) is 11.3 Å². The Morgan fingerprint density at radius 3 is 2.37 bits per heavy atom. The third-order valence-corrected chi connectivity index (χ3v) is 2.62. The third-order valence-electron chi connectivity index (χ3n) is 2.43. The van der Waals surface area contributed by atoms with Crippen molar-refractivity contribution in [3.8, 4) is 5.75 Å². The maximum atomic E-state index is 12.0. The Balaban J connectivity index is 3.29. The number of carbonyl (C=O) groups excluding carboxylic acids is 2. The summed E-state index contributed by atoms with van der Waals surface area (Å²) >= 11 is 5.81. The predicted molar refractivity (Wildman–Crippen MR) is 73.2 cm³/mol. The van der Waals surface area contributed by atoms with Crippen molar-refractivity contribution in [3.63, 3.8) is 0 Å². The van der Waals surface area contributed by atoms with Crippen molar-refractivity contribution in [2.75, 3.05) is 13.2 Å². The van der Waals surface area contributed by atoms with Gasteiger partial charge in [0, 0.05) is 0 Å². The first-order valence-corrected chi connectivity index (χ1v) is 6.57. The van der Waals surface area contributed by atoms with Crippen LogP contribution >= 0.6 is 11.6 Å². The summed E-state index contributed by atoms with van der Waals surface area (Å²) in [6.45, 7) is 5.67. The second-order valence-corrected chi connectivity index (χ2v) is 4.47. The summed E-state index contributed by atoms with van der Waals surface area (Å²) in [5.41, 5.74) is 0.543. The normalized spacial score (nSPS) is 11.8. The molecule has 1 aromatic rings. The van der Waals surface area contributed by atoms with Gasteiger partial charge in [0.2, 0.25) is 0 Å². The molecule has 0 aliphatic carbocycles. The lowest BCUT2D eigenvalue weighted by Gasteiger charge is -2.14. The highest BCUT2D eigenvalue weighted by Crippen LogP contribution is 2.27. The molecule has 0 radical (unpaired) electrons. The molecule has 0 heterocycles. The zero-order chi connectivity index (χ0) is 14.4. The summed E-state index contributed by atoms with van der Waals surface area (Å²) in [4.78, 5) is 23.8. The van der Waals surface area contributed by atoms with Crippen molar-refractivity contribution in [3.05, 3.63) is 29.3 Å². The average Bonchev–Trinajstić information content (AvgIpc) is 2.38. The van der Waals surface area contributed by atoms with Gasteiger partial charge in [-0.2, -0.15) is 0 Å². The number of ketones is 1. The molecule has 0 aromatic heterocycles. The van der Waals surface area contributed by atoms with Gasteiger partial charge in [-0.3, -0.25) is 4.79 Å². The number of para-hydroxylation sites is 1. The molecule has 1 atom stereocenters. The molecule has 0 aliphatic rings. The fraction of sp³-hybridized carbons (Fsp3) is 0.429. The molecule has 0 amide bonds. The molecule has 19 heavy (non-hydrogen) atoms. The first kappa shape index (κ1) is 15.5. The second kappa shape index (κ2) is 7.14. The van der Waals surface area contributed by atoms with Crippen LogP contribution < -0.4 is 4.74 Å². The Labute approximate surface area is 117 Å². The van der Waals surface area contributed by atoms with Gasteiger partial charge < -0.3 is 9.47 Å². The summed E-state index contributed by atoms with van der Waals surface area (Å²) < 4.78 is 10.4. The van der Waals surface area contributed by atoms with E-state index in [-0.39, 0.29) is 23.7 Å². The summed E-state index contributed by atoms with van der Waals surface area (Å²) in [5, 5.41) is -0.684. The van der Waals surface area contributed by atoms with Crippen LogP contribution in [0.25, 0.3) is 0 Å². The van der Waals surface area contributed by atoms with Crippen molar-refractivity contribution in [2.24, 2.45) is 0 Å². The van der Waals surface area contributed by atoms with Crippen LogP contribution in [-0.4, -0.2) is 30.3 Å². The molecule has 0 bridgehead atoms. The van der Waals surface area contributed by atoms with E-state index in [1.165, 1.54) is 0 Å². The van der Waals surface area contributed by atoms with Crippen LogP contribution in [0.1, 0.15) is 41.5 Å². The number of rotatable bonds is 6. The monoisotopic (exact) mass is 284 g/mol. The van der Waals surface area contributed by atoms with Crippen LogP contribution in [0.3, 0.4) is 0 Å². The fourth-order valence-corrected chi connectivity index (χ4v) is 1.73. The molecule has 5 heteroatoms. The highest BCUT2D eigenvalue weighted by atomic mass is 35.5. The molecule has 0 saturated heterocycles. The van der Waals surface area contributed by atoms with Crippen LogP contribution in [0.2, 0.25) is 0 Å². The minimum Gasteiger partial charge on any atom is -0.492 e. The zero-order valence-electron chi connectivity index (χ0n) is 11.2. The molecule has 1 rings (SSSR count). The number of carbonyl (C=O) groups is 2. The quantitative estimate of drug-likeness (QED) is 0.458. The van der Waals surface area contributed by atoms with E-state index in [9.17, 15) is 9.59 Å². The topological polar surface area (TPSA) is 52.6 Å².